The number of nitrogens with one attached hydrogen (secondary N) is 1. The molecule has 1 aliphatic rings. The van der Waals surface area contributed by atoms with E-state index in [1.165, 1.54) is 0 Å². The molecule has 0 bridgehead atoms. The van der Waals surface area contributed by atoms with Crippen LogP contribution >= 0.6 is 0 Å². The van der Waals surface area contributed by atoms with Crippen LogP contribution in [0.5, 0.6) is 0 Å². The third-order valence-corrected chi connectivity index (χ3v) is 3.42. The number of carboxylic acid groups (broad SMARTS) is 1. The molecule has 3 unspecified atom stereocenters. The lowest BCUT2D eigenvalue weighted by molar-refractivity contribution is -0.142. The van der Waals surface area contributed by atoms with Crippen LogP contribution in [0.15, 0.2) is 0 Å². The van der Waals surface area contributed by atoms with E-state index in [0.717, 1.165) is 25.7 Å². The van der Waals surface area contributed by atoms with E-state index in [4.69, 9.17) is 10.8 Å². The Labute approximate surface area is 102 Å². The van der Waals surface area contributed by atoms with Crippen molar-refractivity contribution in [2.75, 3.05) is 6.54 Å². The van der Waals surface area contributed by atoms with Gasteiger partial charge in [-0.15, -0.1) is 0 Å². The van der Waals surface area contributed by atoms with E-state index in [1.54, 1.807) is 0 Å². The Hall–Kier alpha value is -1.10. The fourth-order valence-electron chi connectivity index (χ4n) is 2.33. The molecule has 1 fully saturated rings. The van der Waals surface area contributed by atoms with Crippen LogP contribution in [0.3, 0.4) is 0 Å². The summed E-state index contributed by atoms with van der Waals surface area (Å²) >= 11 is 0. The molecule has 1 rings (SSSR count). The van der Waals surface area contributed by atoms with E-state index in [1.807, 2.05) is 6.92 Å². The number of carbonyl (C=O) groups is 2. The quantitative estimate of drug-likeness (QED) is 0.640. The van der Waals surface area contributed by atoms with E-state index in [0.29, 0.717) is 6.42 Å². The third-order valence-electron chi connectivity index (χ3n) is 3.42. The van der Waals surface area contributed by atoms with Crippen molar-refractivity contribution in [3.63, 3.8) is 0 Å². The molecule has 5 nitrogen and oxygen atoms in total. The van der Waals surface area contributed by atoms with Gasteiger partial charge in [-0.3, -0.25) is 9.59 Å². The Morgan fingerprint density at radius 3 is 2.65 bits per heavy atom. The lowest BCUT2D eigenvalue weighted by Crippen LogP contribution is -2.41. The highest BCUT2D eigenvalue weighted by molar-refractivity contribution is 5.80. The maximum absolute atomic E-state index is 11.8. The standard InChI is InChI=1S/C12H22N2O3/c1-2-4-8(12(16)17)7-14-11(15)9-5-3-6-10(9)13/h8-10H,2-7,13H2,1H3,(H,14,15)(H,16,17). The van der Waals surface area contributed by atoms with Crippen LogP contribution < -0.4 is 11.1 Å². The second kappa shape index (κ2) is 6.59. The predicted molar refractivity (Wildman–Crippen MR) is 64.4 cm³/mol. The molecule has 5 heteroatoms. The largest absolute Gasteiger partial charge is 0.481 e. The fraction of sp³-hybridized carbons (Fsp3) is 0.833. The van der Waals surface area contributed by atoms with Gasteiger partial charge in [-0.05, 0) is 19.3 Å². The maximum atomic E-state index is 11.8. The van der Waals surface area contributed by atoms with Crippen molar-refractivity contribution in [1.29, 1.82) is 0 Å². The number of carboxylic acids is 1. The summed E-state index contributed by atoms with van der Waals surface area (Å²) in [6.07, 6.45) is 4.08. The summed E-state index contributed by atoms with van der Waals surface area (Å²) in [5.41, 5.74) is 5.83. The second-order valence-corrected chi connectivity index (χ2v) is 4.77. The van der Waals surface area contributed by atoms with Crippen molar-refractivity contribution in [3.05, 3.63) is 0 Å². The molecule has 0 aromatic carbocycles. The van der Waals surface area contributed by atoms with E-state index in [9.17, 15) is 9.59 Å². The van der Waals surface area contributed by atoms with Crippen molar-refractivity contribution in [2.45, 2.75) is 45.1 Å². The van der Waals surface area contributed by atoms with Gasteiger partial charge in [0.05, 0.1) is 11.8 Å². The van der Waals surface area contributed by atoms with E-state index < -0.39 is 11.9 Å². The third kappa shape index (κ3) is 4.00. The number of carbonyl (C=O) groups excluding carboxylic acids is 1. The number of rotatable bonds is 6. The molecule has 0 aliphatic heterocycles. The van der Waals surface area contributed by atoms with E-state index in [-0.39, 0.29) is 24.4 Å². The molecule has 17 heavy (non-hydrogen) atoms. The van der Waals surface area contributed by atoms with Gasteiger partial charge in [0, 0.05) is 12.6 Å². The molecule has 1 amide bonds. The molecule has 1 aliphatic carbocycles. The van der Waals surface area contributed by atoms with Gasteiger partial charge in [0.2, 0.25) is 5.91 Å². The van der Waals surface area contributed by atoms with Crippen molar-refractivity contribution in [3.8, 4) is 0 Å². The summed E-state index contributed by atoms with van der Waals surface area (Å²) in [7, 11) is 0. The molecule has 0 aromatic rings. The Bertz CT molecular complexity index is 281. The first kappa shape index (κ1) is 14.0. The first-order valence-electron chi connectivity index (χ1n) is 6.32. The van der Waals surface area contributed by atoms with Crippen LogP contribution in [0.4, 0.5) is 0 Å². The van der Waals surface area contributed by atoms with Gasteiger partial charge in [-0.25, -0.2) is 0 Å². The minimum atomic E-state index is -0.845. The minimum Gasteiger partial charge on any atom is -0.481 e. The normalized spacial score (nSPS) is 25.5. The van der Waals surface area contributed by atoms with Gasteiger partial charge < -0.3 is 16.2 Å². The maximum Gasteiger partial charge on any atom is 0.308 e. The Morgan fingerprint density at radius 1 is 1.47 bits per heavy atom. The molecular formula is C12H22N2O3. The summed E-state index contributed by atoms with van der Waals surface area (Å²) in [5.74, 6) is -1.55. The molecule has 0 radical (unpaired) electrons. The zero-order valence-electron chi connectivity index (χ0n) is 10.3. The lowest BCUT2D eigenvalue weighted by Gasteiger charge is -2.17. The van der Waals surface area contributed by atoms with Crippen LogP contribution in [-0.2, 0) is 9.59 Å². The smallest absolute Gasteiger partial charge is 0.308 e. The first-order chi connectivity index (χ1) is 8.06. The first-order valence-corrected chi connectivity index (χ1v) is 6.32. The van der Waals surface area contributed by atoms with Gasteiger partial charge in [0.1, 0.15) is 0 Å². The van der Waals surface area contributed by atoms with Crippen molar-refractivity contribution in [1.82, 2.24) is 5.32 Å². The zero-order chi connectivity index (χ0) is 12.8. The molecule has 0 spiro atoms. The van der Waals surface area contributed by atoms with E-state index >= 15 is 0 Å². The molecule has 0 heterocycles. The summed E-state index contributed by atoms with van der Waals surface area (Å²) in [4.78, 5) is 22.7. The van der Waals surface area contributed by atoms with Crippen molar-refractivity contribution in [2.24, 2.45) is 17.6 Å². The Kier molecular flexibility index (Phi) is 5.41. The number of hydrogen-bond donors (Lipinski definition) is 3. The molecule has 1 saturated carbocycles. The molecule has 98 valence electrons. The van der Waals surface area contributed by atoms with Crippen LogP contribution in [0.25, 0.3) is 0 Å². The SMILES string of the molecule is CCCC(CNC(=O)C1CCCC1N)C(=O)O. The molecule has 0 saturated heterocycles. The second-order valence-electron chi connectivity index (χ2n) is 4.77. The van der Waals surface area contributed by atoms with Gasteiger partial charge in [-0.1, -0.05) is 19.8 Å². The highest BCUT2D eigenvalue weighted by atomic mass is 16.4. The Morgan fingerprint density at radius 2 is 2.18 bits per heavy atom. The fourth-order valence-corrected chi connectivity index (χ4v) is 2.33. The molecular weight excluding hydrogens is 220 g/mol. The molecule has 4 N–H and O–H groups in total. The van der Waals surface area contributed by atoms with Crippen molar-refractivity contribution >= 4 is 11.9 Å². The number of hydrogen-bond acceptors (Lipinski definition) is 3. The average molecular weight is 242 g/mol. The van der Waals surface area contributed by atoms with Gasteiger partial charge in [0.25, 0.3) is 0 Å². The van der Waals surface area contributed by atoms with Gasteiger partial charge in [0.15, 0.2) is 0 Å². The Balaban J connectivity index is 2.38. The van der Waals surface area contributed by atoms with E-state index in [2.05, 4.69) is 5.32 Å². The summed E-state index contributed by atoms with van der Waals surface area (Å²) in [5, 5.41) is 11.7. The van der Waals surface area contributed by atoms with Crippen molar-refractivity contribution < 1.29 is 14.7 Å². The average Bonchev–Trinajstić information content (AvgIpc) is 2.69. The summed E-state index contributed by atoms with van der Waals surface area (Å²) < 4.78 is 0. The van der Waals surface area contributed by atoms with Crippen LogP contribution in [0.1, 0.15) is 39.0 Å². The molecule has 3 atom stereocenters. The van der Waals surface area contributed by atoms with Crippen LogP contribution in [-0.4, -0.2) is 29.6 Å². The monoisotopic (exact) mass is 242 g/mol. The van der Waals surface area contributed by atoms with Gasteiger partial charge >= 0.3 is 5.97 Å². The van der Waals surface area contributed by atoms with Gasteiger partial charge in [-0.2, -0.15) is 0 Å². The van der Waals surface area contributed by atoms with Crippen LogP contribution in [0, 0.1) is 11.8 Å². The summed E-state index contributed by atoms with van der Waals surface area (Å²) in [6, 6.07) is -0.0653. The zero-order valence-corrected chi connectivity index (χ0v) is 10.3. The topological polar surface area (TPSA) is 92.4 Å². The van der Waals surface area contributed by atoms with Crippen LogP contribution in [0.2, 0.25) is 0 Å². The highest BCUT2D eigenvalue weighted by Gasteiger charge is 2.30. The number of aliphatic carboxylic acids is 1. The molecule has 0 aromatic heterocycles. The predicted octanol–water partition coefficient (Wildman–Crippen LogP) is 0.731. The number of amides is 1. The lowest BCUT2D eigenvalue weighted by atomic mass is 10.0. The number of nitrogens with two attached hydrogens (primary N) is 1. The minimum absolute atomic E-state index is 0.0653. The highest BCUT2D eigenvalue weighted by Crippen LogP contribution is 2.24. The summed E-state index contributed by atoms with van der Waals surface area (Å²) in [6.45, 7) is 2.15.